The molecule has 0 N–H and O–H groups in total. The lowest BCUT2D eigenvalue weighted by Gasteiger charge is -2.03. The van der Waals surface area contributed by atoms with Gasteiger partial charge in [-0.05, 0) is 19.1 Å². The van der Waals surface area contributed by atoms with Gasteiger partial charge in [0.05, 0.1) is 17.9 Å². The molecule has 0 aliphatic heterocycles. The first-order valence-corrected chi connectivity index (χ1v) is 7.04. The summed E-state index contributed by atoms with van der Waals surface area (Å²) in [7, 11) is 1.47. The number of nitrogens with zero attached hydrogens (tertiary/aromatic N) is 4. The van der Waals surface area contributed by atoms with Crippen molar-refractivity contribution in [2.75, 3.05) is 0 Å². The molecule has 8 heteroatoms. The maximum Gasteiger partial charge on any atom is 0.280 e. The van der Waals surface area contributed by atoms with E-state index in [0.717, 1.165) is 0 Å². The molecule has 0 aliphatic rings. The lowest BCUT2D eigenvalue weighted by Crippen LogP contribution is -2.09. The van der Waals surface area contributed by atoms with Gasteiger partial charge in [-0.3, -0.25) is 4.98 Å². The van der Waals surface area contributed by atoms with Gasteiger partial charge in [0.2, 0.25) is 0 Å². The van der Waals surface area contributed by atoms with Crippen LogP contribution in [0.3, 0.4) is 0 Å². The largest absolute Gasteiger partial charge is 0.280 e. The van der Waals surface area contributed by atoms with E-state index in [4.69, 9.17) is 10.7 Å². The van der Waals surface area contributed by atoms with Crippen LogP contribution in [0.2, 0.25) is 0 Å². The molecule has 0 amide bonds. The average molecular weight is 273 g/mol. The molecule has 2 aromatic rings. The van der Waals surface area contributed by atoms with E-state index in [0.29, 0.717) is 5.69 Å². The number of hydrogen-bond acceptors (Lipinski definition) is 5. The molecule has 0 fully saturated rings. The van der Waals surface area contributed by atoms with Crippen LogP contribution >= 0.6 is 10.7 Å². The molecule has 0 spiro atoms. The van der Waals surface area contributed by atoms with E-state index >= 15 is 0 Å². The third kappa shape index (κ3) is 2.62. The smallest absolute Gasteiger partial charge is 0.259 e. The van der Waals surface area contributed by atoms with Crippen LogP contribution in [0.5, 0.6) is 0 Å². The van der Waals surface area contributed by atoms with Gasteiger partial charge in [0, 0.05) is 16.9 Å². The molecule has 6 nitrogen and oxygen atoms in total. The summed E-state index contributed by atoms with van der Waals surface area (Å²) < 4.78 is 24.0. The van der Waals surface area contributed by atoms with E-state index in [1.807, 2.05) is 0 Å². The van der Waals surface area contributed by atoms with E-state index in [-0.39, 0.29) is 17.3 Å². The second kappa shape index (κ2) is 4.42. The number of aryl methyl sites for hydroxylation is 1. The van der Waals surface area contributed by atoms with Crippen LogP contribution in [0.1, 0.15) is 11.4 Å². The van der Waals surface area contributed by atoms with Crippen molar-refractivity contribution in [1.29, 1.82) is 0 Å². The number of rotatable bonds is 3. The van der Waals surface area contributed by atoms with Crippen LogP contribution in [0.15, 0.2) is 29.4 Å². The minimum atomic E-state index is -3.86. The summed E-state index contributed by atoms with van der Waals surface area (Å²) >= 11 is 0. The molecule has 2 aromatic heterocycles. The molecule has 0 atom stereocenters. The van der Waals surface area contributed by atoms with Gasteiger partial charge in [-0.1, -0.05) is 11.3 Å². The van der Waals surface area contributed by atoms with Crippen LogP contribution < -0.4 is 0 Å². The summed E-state index contributed by atoms with van der Waals surface area (Å²) in [6.45, 7) is 1.75. The molecule has 0 saturated heterocycles. The maximum absolute atomic E-state index is 11.4. The number of aromatic nitrogens is 4. The van der Waals surface area contributed by atoms with Crippen LogP contribution in [0.4, 0.5) is 0 Å². The zero-order chi connectivity index (χ0) is 12.5. The van der Waals surface area contributed by atoms with Gasteiger partial charge in [0.1, 0.15) is 0 Å². The van der Waals surface area contributed by atoms with Crippen molar-refractivity contribution in [2.45, 2.75) is 18.5 Å². The van der Waals surface area contributed by atoms with Crippen LogP contribution in [-0.4, -0.2) is 28.4 Å². The summed E-state index contributed by atoms with van der Waals surface area (Å²) in [6.07, 6.45) is 1.62. The summed E-state index contributed by atoms with van der Waals surface area (Å²) in [5, 5.41) is 7.35. The molecule has 2 rings (SSSR count). The summed E-state index contributed by atoms with van der Waals surface area (Å²) in [6, 6.07) is 5.35. The first-order valence-electron chi connectivity index (χ1n) is 4.73. The molecular weight excluding hydrogens is 264 g/mol. The Bertz CT molecular complexity index is 624. The van der Waals surface area contributed by atoms with Gasteiger partial charge in [-0.15, -0.1) is 5.10 Å². The van der Waals surface area contributed by atoms with Crippen molar-refractivity contribution in [3.05, 3.63) is 35.8 Å². The average Bonchev–Trinajstić information content (AvgIpc) is 2.60. The fraction of sp³-hybridized carbons (Fsp3) is 0.222. The molecule has 17 heavy (non-hydrogen) atoms. The quantitative estimate of drug-likeness (QED) is 0.778. The van der Waals surface area contributed by atoms with Crippen molar-refractivity contribution < 1.29 is 8.42 Å². The Labute approximate surface area is 103 Å². The van der Waals surface area contributed by atoms with Gasteiger partial charge < -0.3 is 0 Å². The highest BCUT2D eigenvalue weighted by molar-refractivity contribution is 8.13. The lowest BCUT2D eigenvalue weighted by molar-refractivity contribution is 0.561. The second-order valence-corrected chi connectivity index (χ2v) is 5.88. The van der Waals surface area contributed by atoms with E-state index in [1.54, 1.807) is 24.4 Å². The molecule has 0 saturated carbocycles. The summed E-state index contributed by atoms with van der Waals surface area (Å²) in [5.41, 5.74) is 0.954. The number of halogens is 1. The Kier molecular flexibility index (Phi) is 3.12. The van der Waals surface area contributed by atoms with Gasteiger partial charge in [0.15, 0.2) is 5.03 Å². The SMILES string of the molecule is Cc1nnn(Cc2ccccn2)c1S(=O)(=O)Cl. The molecule has 2 heterocycles. The Morgan fingerprint density at radius 3 is 2.76 bits per heavy atom. The molecule has 0 aliphatic carbocycles. The van der Waals surface area contributed by atoms with Crippen molar-refractivity contribution in [3.8, 4) is 0 Å². The van der Waals surface area contributed by atoms with Gasteiger partial charge in [-0.2, -0.15) is 0 Å². The monoisotopic (exact) mass is 272 g/mol. The van der Waals surface area contributed by atoms with E-state index in [2.05, 4.69) is 15.3 Å². The van der Waals surface area contributed by atoms with Gasteiger partial charge in [0.25, 0.3) is 9.05 Å². The topological polar surface area (TPSA) is 77.7 Å². The van der Waals surface area contributed by atoms with Crippen LogP contribution in [-0.2, 0) is 15.6 Å². The van der Waals surface area contributed by atoms with E-state index in [1.165, 1.54) is 11.6 Å². The first kappa shape index (κ1) is 12.0. The van der Waals surface area contributed by atoms with Crippen molar-refractivity contribution in [1.82, 2.24) is 20.0 Å². The Morgan fingerprint density at radius 1 is 1.41 bits per heavy atom. The predicted octanol–water partition coefficient (Wildman–Crippen LogP) is 0.957. The Balaban J connectivity index is 2.42. The molecule has 90 valence electrons. The fourth-order valence-electron chi connectivity index (χ4n) is 1.44. The summed E-state index contributed by atoms with van der Waals surface area (Å²) in [4.78, 5) is 4.08. The van der Waals surface area contributed by atoms with Crippen molar-refractivity contribution in [2.24, 2.45) is 0 Å². The highest BCUT2D eigenvalue weighted by Crippen LogP contribution is 2.17. The zero-order valence-electron chi connectivity index (χ0n) is 8.91. The minimum Gasteiger partial charge on any atom is -0.259 e. The normalized spacial score (nSPS) is 11.6. The zero-order valence-corrected chi connectivity index (χ0v) is 10.5. The van der Waals surface area contributed by atoms with Crippen molar-refractivity contribution >= 4 is 19.7 Å². The molecule has 0 bridgehead atoms. The second-order valence-electron chi connectivity index (χ2n) is 3.40. The minimum absolute atomic E-state index is 0.0928. The predicted molar refractivity (Wildman–Crippen MR) is 61.1 cm³/mol. The number of pyridine rings is 1. The Morgan fingerprint density at radius 2 is 2.18 bits per heavy atom. The summed E-state index contributed by atoms with van der Waals surface area (Å²) in [5.74, 6) is 0. The lowest BCUT2D eigenvalue weighted by atomic mass is 10.3. The third-order valence-electron chi connectivity index (χ3n) is 2.12. The van der Waals surface area contributed by atoms with Crippen LogP contribution in [0, 0.1) is 6.92 Å². The van der Waals surface area contributed by atoms with E-state index < -0.39 is 9.05 Å². The maximum atomic E-state index is 11.4. The van der Waals surface area contributed by atoms with Crippen molar-refractivity contribution in [3.63, 3.8) is 0 Å². The first-order chi connectivity index (χ1) is 7.98. The molecule has 0 aromatic carbocycles. The highest BCUT2D eigenvalue weighted by atomic mass is 35.7. The molecule has 0 unspecified atom stereocenters. The third-order valence-corrected chi connectivity index (χ3v) is 3.52. The highest BCUT2D eigenvalue weighted by Gasteiger charge is 2.22. The van der Waals surface area contributed by atoms with E-state index in [9.17, 15) is 8.42 Å². The Hall–Kier alpha value is -1.47. The molecular formula is C9H9ClN4O2S. The van der Waals surface area contributed by atoms with Gasteiger partial charge >= 0.3 is 0 Å². The van der Waals surface area contributed by atoms with Crippen LogP contribution in [0.25, 0.3) is 0 Å². The standard InChI is InChI=1S/C9H9ClN4O2S/c1-7-9(17(10,15)16)14(13-12-7)6-8-4-2-3-5-11-8/h2-5H,6H2,1H3. The fourth-order valence-corrected chi connectivity index (χ4v) is 2.76. The molecule has 0 radical (unpaired) electrons. The number of hydrogen-bond donors (Lipinski definition) is 0. The van der Waals surface area contributed by atoms with Gasteiger partial charge in [-0.25, -0.2) is 13.1 Å².